The minimum Gasteiger partial charge on any atom is -0.481 e. The van der Waals surface area contributed by atoms with Crippen molar-refractivity contribution in [3.63, 3.8) is 0 Å². The van der Waals surface area contributed by atoms with Gasteiger partial charge in [-0.25, -0.2) is 4.79 Å². The van der Waals surface area contributed by atoms with E-state index >= 15 is 0 Å². The van der Waals surface area contributed by atoms with Crippen LogP contribution in [0, 0.1) is 0 Å². The number of carboxylic acids is 2. The summed E-state index contributed by atoms with van der Waals surface area (Å²) in [7, 11) is 0. The van der Waals surface area contributed by atoms with Gasteiger partial charge in [0.05, 0.1) is 19.1 Å². The van der Waals surface area contributed by atoms with Crippen molar-refractivity contribution in [2.24, 2.45) is 5.73 Å². The van der Waals surface area contributed by atoms with Crippen LogP contribution in [-0.4, -0.2) is 99.2 Å². The molecule has 30 heavy (non-hydrogen) atoms. The maximum Gasteiger partial charge on any atom is 0.326 e. The molecule has 3 amide bonds. The van der Waals surface area contributed by atoms with Crippen LogP contribution in [-0.2, 0) is 24.0 Å². The summed E-state index contributed by atoms with van der Waals surface area (Å²) in [6.45, 7) is -0.670. The fraction of sp³-hybridized carbons (Fsp3) is 0.706. The Morgan fingerprint density at radius 3 is 2.30 bits per heavy atom. The topological polar surface area (TPSA) is 199 Å². The van der Waals surface area contributed by atoms with Crippen LogP contribution >= 0.6 is 11.8 Å². The predicted molar refractivity (Wildman–Crippen MR) is 107 cm³/mol. The molecule has 7 N–H and O–H groups in total. The highest BCUT2D eigenvalue weighted by Gasteiger charge is 2.38. The molecule has 1 aliphatic rings. The normalized spacial score (nSPS) is 18.9. The first-order valence-corrected chi connectivity index (χ1v) is 10.7. The molecule has 0 saturated carbocycles. The van der Waals surface area contributed by atoms with Crippen molar-refractivity contribution in [3.05, 3.63) is 0 Å². The molecule has 4 unspecified atom stereocenters. The summed E-state index contributed by atoms with van der Waals surface area (Å²) >= 11 is 1.47. The number of carbonyl (C=O) groups excluding carboxylic acids is 3. The van der Waals surface area contributed by atoms with Crippen molar-refractivity contribution >= 4 is 41.4 Å². The fourth-order valence-corrected chi connectivity index (χ4v) is 3.47. The van der Waals surface area contributed by atoms with Crippen LogP contribution in [0.15, 0.2) is 0 Å². The van der Waals surface area contributed by atoms with Gasteiger partial charge in [0.2, 0.25) is 17.7 Å². The number of aliphatic hydroxyl groups excluding tert-OH is 1. The van der Waals surface area contributed by atoms with E-state index in [1.807, 2.05) is 6.26 Å². The molecule has 1 heterocycles. The summed E-state index contributed by atoms with van der Waals surface area (Å²) in [5.41, 5.74) is 5.72. The van der Waals surface area contributed by atoms with Crippen molar-refractivity contribution in [2.75, 3.05) is 25.2 Å². The summed E-state index contributed by atoms with van der Waals surface area (Å²) in [6.07, 6.45) is 2.09. The zero-order chi connectivity index (χ0) is 22.8. The SMILES string of the molecule is CSCCC(N)C(=O)NC(CC(=O)O)C(=O)NC(CO)C(=O)N1CCCC1C(=O)O. The lowest BCUT2D eigenvalue weighted by molar-refractivity contribution is -0.150. The molecule has 1 aliphatic heterocycles. The predicted octanol–water partition coefficient (Wildman–Crippen LogP) is -2.42. The van der Waals surface area contributed by atoms with Crippen molar-refractivity contribution in [1.29, 1.82) is 0 Å². The minimum atomic E-state index is -1.52. The van der Waals surface area contributed by atoms with Gasteiger partial charge in [-0.2, -0.15) is 11.8 Å². The monoisotopic (exact) mass is 448 g/mol. The molecule has 0 aromatic heterocycles. The lowest BCUT2D eigenvalue weighted by atomic mass is 10.1. The second-order valence-corrected chi connectivity index (χ2v) is 7.80. The number of nitrogens with two attached hydrogens (primary N) is 1. The summed E-state index contributed by atoms with van der Waals surface area (Å²) in [6, 6.07) is -5.01. The zero-order valence-electron chi connectivity index (χ0n) is 16.6. The second-order valence-electron chi connectivity index (χ2n) is 6.82. The van der Waals surface area contributed by atoms with E-state index in [2.05, 4.69) is 10.6 Å². The van der Waals surface area contributed by atoms with Gasteiger partial charge < -0.3 is 36.6 Å². The highest BCUT2D eigenvalue weighted by molar-refractivity contribution is 7.98. The molecular weight excluding hydrogens is 420 g/mol. The van der Waals surface area contributed by atoms with E-state index in [-0.39, 0.29) is 13.0 Å². The van der Waals surface area contributed by atoms with Gasteiger partial charge in [0, 0.05) is 6.54 Å². The third kappa shape index (κ3) is 7.46. The molecule has 1 fully saturated rings. The molecule has 0 aromatic rings. The Kier molecular flexibility index (Phi) is 10.6. The number of likely N-dealkylation sites (tertiary alicyclic amines) is 1. The number of carboxylic acid groups (broad SMARTS) is 2. The van der Waals surface area contributed by atoms with E-state index in [4.69, 9.17) is 10.8 Å². The fourth-order valence-electron chi connectivity index (χ4n) is 2.98. The van der Waals surface area contributed by atoms with E-state index < -0.39 is 66.9 Å². The van der Waals surface area contributed by atoms with Gasteiger partial charge in [0.15, 0.2) is 0 Å². The van der Waals surface area contributed by atoms with E-state index in [1.165, 1.54) is 11.8 Å². The van der Waals surface area contributed by atoms with Gasteiger partial charge in [-0.1, -0.05) is 0 Å². The van der Waals surface area contributed by atoms with Gasteiger partial charge in [-0.05, 0) is 31.3 Å². The van der Waals surface area contributed by atoms with Crippen LogP contribution in [0.1, 0.15) is 25.7 Å². The molecular formula is C17H28N4O8S. The molecule has 4 atom stereocenters. The lowest BCUT2D eigenvalue weighted by Crippen LogP contribution is -2.58. The number of aliphatic carboxylic acids is 2. The average molecular weight is 448 g/mol. The number of thioether (sulfide) groups is 1. The van der Waals surface area contributed by atoms with Crippen LogP contribution in [0.2, 0.25) is 0 Å². The van der Waals surface area contributed by atoms with E-state index in [0.29, 0.717) is 18.6 Å². The largest absolute Gasteiger partial charge is 0.481 e. The average Bonchev–Trinajstić information content (AvgIpc) is 3.18. The van der Waals surface area contributed by atoms with Crippen LogP contribution in [0.25, 0.3) is 0 Å². The summed E-state index contributed by atoms with van der Waals surface area (Å²) < 4.78 is 0. The van der Waals surface area contributed by atoms with Crippen LogP contribution in [0.5, 0.6) is 0 Å². The molecule has 1 saturated heterocycles. The van der Waals surface area contributed by atoms with Crippen molar-refractivity contribution < 1.29 is 39.3 Å². The summed E-state index contributed by atoms with van der Waals surface area (Å²) in [5, 5.41) is 32.2. The standard InChI is InChI=1S/C17H28N4O8S/c1-30-6-4-9(18)14(25)19-10(7-13(23)24)15(26)20-11(8-22)16(27)21-5-2-3-12(21)17(28)29/h9-12,22H,2-8,18H2,1H3,(H,19,25)(H,20,26)(H,23,24)(H,28,29). The molecule has 0 radical (unpaired) electrons. The Morgan fingerprint density at radius 2 is 1.77 bits per heavy atom. The maximum atomic E-state index is 12.6. The Labute approximate surface area is 177 Å². The number of carbonyl (C=O) groups is 5. The summed E-state index contributed by atoms with van der Waals surface area (Å²) in [5.74, 6) is -4.49. The highest BCUT2D eigenvalue weighted by atomic mass is 32.2. The highest BCUT2D eigenvalue weighted by Crippen LogP contribution is 2.18. The number of amides is 3. The number of hydrogen-bond donors (Lipinski definition) is 6. The number of rotatable bonds is 12. The van der Waals surface area contributed by atoms with E-state index in [1.54, 1.807) is 0 Å². The van der Waals surface area contributed by atoms with Crippen molar-refractivity contribution in [1.82, 2.24) is 15.5 Å². The number of nitrogens with one attached hydrogen (secondary N) is 2. The van der Waals surface area contributed by atoms with Crippen molar-refractivity contribution in [3.8, 4) is 0 Å². The first-order chi connectivity index (χ1) is 14.1. The minimum absolute atomic E-state index is 0.155. The third-order valence-corrected chi connectivity index (χ3v) is 5.24. The van der Waals surface area contributed by atoms with Crippen LogP contribution < -0.4 is 16.4 Å². The first kappa shape index (κ1) is 25.7. The molecule has 0 aromatic carbocycles. The summed E-state index contributed by atoms with van der Waals surface area (Å²) in [4.78, 5) is 60.7. The van der Waals surface area contributed by atoms with E-state index in [9.17, 15) is 34.2 Å². The van der Waals surface area contributed by atoms with Gasteiger partial charge in [-0.15, -0.1) is 0 Å². The van der Waals surface area contributed by atoms with E-state index in [0.717, 1.165) is 4.90 Å². The van der Waals surface area contributed by atoms with Gasteiger partial charge in [0.1, 0.15) is 18.1 Å². The smallest absolute Gasteiger partial charge is 0.326 e. The van der Waals surface area contributed by atoms with Gasteiger partial charge >= 0.3 is 11.9 Å². The molecule has 170 valence electrons. The van der Waals surface area contributed by atoms with Crippen LogP contribution in [0.4, 0.5) is 0 Å². The van der Waals surface area contributed by atoms with Gasteiger partial charge in [0.25, 0.3) is 0 Å². The van der Waals surface area contributed by atoms with Gasteiger partial charge in [-0.3, -0.25) is 19.2 Å². The third-order valence-electron chi connectivity index (χ3n) is 4.60. The quantitative estimate of drug-likeness (QED) is 0.187. The maximum absolute atomic E-state index is 12.6. The molecule has 0 bridgehead atoms. The molecule has 12 nitrogen and oxygen atoms in total. The Bertz CT molecular complexity index is 662. The first-order valence-electron chi connectivity index (χ1n) is 9.33. The molecule has 13 heteroatoms. The number of aliphatic hydroxyl groups is 1. The van der Waals surface area contributed by atoms with Crippen LogP contribution in [0.3, 0.4) is 0 Å². The Morgan fingerprint density at radius 1 is 1.13 bits per heavy atom. The number of nitrogens with zero attached hydrogens (tertiary/aromatic N) is 1. The Hall–Kier alpha value is -2.38. The van der Waals surface area contributed by atoms with Crippen molar-refractivity contribution in [2.45, 2.75) is 49.9 Å². The zero-order valence-corrected chi connectivity index (χ0v) is 17.4. The number of hydrogen-bond acceptors (Lipinski definition) is 8. The molecule has 1 rings (SSSR count). The second kappa shape index (κ2) is 12.3. The Balaban J connectivity index is 2.84. The lowest BCUT2D eigenvalue weighted by Gasteiger charge is -2.27. The molecule has 0 spiro atoms. The molecule has 0 aliphatic carbocycles.